The zero-order chi connectivity index (χ0) is 22.6. The Bertz CT molecular complexity index is 851. The van der Waals surface area contributed by atoms with E-state index in [1.54, 1.807) is 0 Å². The van der Waals surface area contributed by atoms with Crippen LogP contribution >= 0.6 is 0 Å². The zero-order valence-corrected chi connectivity index (χ0v) is 19.4. The molecule has 0 radical (unpaired) electrons. The van der Waals surface area contributed by atoms with Gasteiger partial charge in [0.15, 0.2) is 0 Å². The van der Waals surface area contributed by atoms with Gasteiger partial charge < -0.3 is 15.1 Å². The van der Waals surface area contributed by atoms with Crippen molar-refractivity contribution < 1.29 is 9.18 Å². The molecule has 1 heterocycles. The van der Waals surface area contributed by atoms with Crippen LogP contribution in [-0.4, -0.2) is 57.6 Å². The Morgan fingerprint density at radius 2 is 1.58 bits per heavy atom. The molecule has 0 spiro atoms. The number of benzene rings is 2. The molecule has 31 heavy (non-hydrogen) atoms. The predicted octanol–water partition coefficient (Wildman–Crippen LogP) is 3.92. The maximum Gasteiger partial charge on any atom is 0.225 e. The van der Waals surface area contributed by atoms with Gasteiger partial charge in [0.1, 0.15) is 5.82 Å². The Labute approximate surface area is 185 Å². The third kappa shape index (κ3) is 5.97. The van der Waals surface area contributed by atoms with Gasteiger partial charge in [-0.2, -0.15) is 0 Å². The van der Waals surface area contributed by atoms with Gasteiger partial charge in [0.2, 0.25) is 5.91 Å². The normalized spacial score (nSPS) is 16.1. The molecule has 0 aliphatic carbocycles. The first kappa shape index (κ1) is 23.1. The molecule has 5 nitrogen and oxygen atoms in total. The van der Waals surface area contributed by atoms with Crippen molar-refractivity contribution in [3.8, 4) is 0 Å². The third-order valence-corrected chi connectivity index (χ3v) is 5.88. The average molecular weight is 427 g/mol. The Morgan fingerprint density at radius 1 is 1.00 bits per heavy atom. The number of rotatable bonds is 6. The number of nitrogens with one attached hydrogen (secondary N) is 1. The molecule has 0 bridgehead atoms. The van der Waals surface area contributed by atoms with Crippen LogP contribution in [0.2, 0.25) is 0 Å². The van der Waals surface area contributed by atoms with Crippen LogP contribution in [0.3, 0.4) is 0 Å². The highest BCUT2D eigenvalue weighted by Crippen LogP contribution is 2.26. The summed E-state index contributed by atoms with van der Waals surface area (Å²) in [6.45, 7) is 9.87. The molecule has 1 fully saturated rings. The van der Waals surface area contributed by atoms with Crippen LogP contribution in [0.1, 0.15) is 32.4 Å². The van der Waals surface area contributed by atoms with E-state index in [-0.39, 0.29) is 17.8 Å². The van der Waals surface area contributed by atoms with Crippen LogP contribution in [0.15, 0.2) is 48.5 Å². The molecule has 1 atom stereocenters. The molecule has 0 aromatic heterocycles. The molecular formula is C25H35FN4O. The number of hydrogen-bond donors (Lipinski definition) is 1. The molecule has 1 aliphatic heterocycles. The van der Waals surface area contributed by atoms with E-state index in [1.807, 2.05) is 47.0 Å². The Balaban J connectivity index is 1.73. The molecule has 2 aromatic carbocycles. The van der Waals surface area contributed by atoms with Crippen molar-refractivity contribution in [2.45, 2.75) is 26.8 Å². The van der Waals surface area contributed by atoms with E-state index in [9.17, 15) is 9.18 Å². The Hall–Kier alpha value is -2.60. The molecular weight excluding hydrogens is 391 g/mol. The zero-order valence-electron chi connectivity index (χ0n) is 19.4. The lowest BCUT2D eigenvalue weighted by atomic mass is 9.95. The van der Waals surface area contributed by atoms with Crippen molar-refractivity contribution in [1.29, 1.82) is 0 Å². The number of carbonyl (C=O) groups is 1. The summed E-state index contributed by atoms with van der Waals surface area (Å²) in [5.41, 5.74) is 2.99. The first-order chi connectivity index (χ1) is 14.6. The summed E-state index contributed by atoms with van der Waals surface area (Å²) < 4.78 is 13.3. The second-order valence-corrected chi connectivity index (χ2v) is 9.46. The molecule has 0 saturated carbocycles. The van der Waals surface area contributed by atoms with Gasteiger partial charge in [-0.15, -0.1) is 0 Å². The van der Waals surface area contributed by atoms with Gasteiger partial charge in [-0.3, -0.25) is 9.69 Å². The average Bonchev–Trinajstić information content (AvgIpc) is 2.74. The molecule has 2 aromatic rings. The Kier molecular flexibility index (Phi) is 7.21. The van der Waals surface area contributed by atoms with E-state index in [0.29, 0.717) is 6.54 Å². The summed E-state index contributed by atoms with van der Waals surface area (Å²) in [6, 6.07) is 15.4. The molecule has 1 N–H and O–H groups in total. The van der Waals surface area contributed by atoms with Crippen LogP contribution < -0.4 is 15.1 Å². The standard InChI is InChI=1S/C25H35FN4O/c1-25(2,3)24(31)27-18-23(19-6-10-21(11-7-19)28(4)5)30-16-14-29(15-17-30)22-12-8-20(26)9-13-22/h6-13,23H,14-18H2,1-5H3,(H,27,31). The monoisotopic (exact) mass is 426 g/mol. The number of piperazine rings is 1. The van der Waals surface area contributed by atoms with E-state index >= 15 is 0 Å². The van der Waals surface area contributed by atoms with Crippen LogP contribution in [0.5, 0.6) is 0 Å². The fourth-order valence-corrected chi connectivity index (χ4v) is 3.85. The van der Waals surface area contributed by atoms with Crippen molar-refractivity contribution in [1.82, 2.24) is 10.2 Å². The van der Waals surface area contributed by atoms with Crippen LogP contribution in [0.25, 0.3) is 0 Å². The molecule has 1 unspecified atom stereocenters. The minimum absolute atomic E-state index is 0.0624. The number of hydrogen-bond acceptors (Lipinski definition) is 4. The third-order valence-electron chi connectivity index (χ3n) is 5.88. The quantitative estimate of drug-likeness (QED) is 0.760. The highest BCUT2D eigenvalue weighted by Gasteiger charge is 2.28. The summed E-state index contributed by atoms with van der Waals surface area (Å²) in [4.78, 5) is 19.3. The Morgan fingerprint density at radius 3 is 2.10 bits per heavy atom. The molecule has 1 saturated heterocycles. The van der Waals surface area contributed by atoms with Gasteiger partial charge >= 0.3 is 0 Å². The lowest BCUT2D eigenvalue weighted by molar-refractivity contribution is -0.128. The number of amides is 1. The number of nitrogens with zero attached hydrogens (tertiary/aromatic N) is 3. The minimum Gasteiger partial charge on any atom is -0.378 e. The lowest BCUT2D eigenvalue weighted by Gasteiger charge is -2.40. The minimum atomic E-state index is -0.416. The largest absolute Gasteiger partial charge is 0.378 e. The first-order valence-electron chi connectivity index (χ1n) is 11.0. The van der Waals surface area contributed by atoms with E-state index in [2.05, 4.69) is 44.3 Å². The first-order valence-corrected chi connectivity index (χ1v) is 11.0. The van der Waals surface area contributed by atoms with Gasteiger partial charge in [0.25, 0.3) is 0 Å². The van der Waals surface area contributed by atoms with E-state index in [4.69, 9.17) is 0 Å². The van der Waals surface area contributed by atoms with Crippen LogP contribution in [0.4, 0.5) is 15.8 Å². The van der Waals surface area contributed by atoms with Gasteiger partial charge in [-0.05, 0) is 42.0 Å². The van der Waals surface area contributed by atoms with Crippen molar-refractivity contribution >= 4 is 17.3 Å². The lowest BCUT2D eigenvalue weighted by Crippen LogP contribution is -2.50. The van der Waals surface area contributed by atoms with E-state index in [1.165, 1.54) is 17.7 Å². The summed E-state index contributed by atoms with van der Waals surface area (Å²) >= 11 is 0. The van der Waals surface area contributed by atoms with Gasteiger partial charge in [-0.25, -0.2) is 4.39 Å². The van der Waals surface area contributed by atoms with Crippen molar-refractivity contribution in [3.05, 3.63) is 59.9 Å². The number of anilines is 2. The predicted molar refractivity (Wildman–Crippen MR) is 126 cm³/mol. The van der Waals surface area contributed by atoms with Crippen LogP contribution in [0, 0.1) is 11.2 Å². The van der Waals surface area contributed by atoms with Crippen LogP contribution in [-0.2, 0) is 4.79 Å². The van der Waals surface area contributed by atoms with Crippen molar-refractivity contribution in [2.75, 3.05) is 56.6 Å². The maximum atomic E-state index is 13.3. The second-order valence-electron chi connectivity index (χ2n) is 9.46. The molecule has 1 amide bonds. The molecule has 3 rings (SSSR count). The van der Waals surface area contributed by atoms with Gasteiger partial charge in [0, 0.05) is 63.6 Å². The molecule has 168 valence electrons. The fourth-order valence-electron chi connectivity index (χ4n) is 3.85. The summed E-state index contributed by atoms with van der Waals surface area (Å²) in [7, 11) is 4.06. The number of halogens is 1. The second kappa shape index (κ2) is 9.69. The van der Waals surface area contributed by atoms with E-state index in [0.717, 1.165) is 37.6 Å². The SMILES string of the molecule is CN(C)c1ccc(C(CNC(=O)C(C)(C)C)N2CCN(c3ccc(F)cc3)CC2)cc1. The topological polar surface area (TPSA) is 38.8 Å². The molecule has 1 aliphatic rings. The molecule has 6 heteroatoms. The van der Waals surface area contributed by atoms with E-state index < -0.39 is 5.41 Å². The summed E-state index contributed by atoms with van der Waals surface area (Å²) in [5, 5.41) is 3.16. The maximum absolute atomic E-state index is 13.3. The van der Waals surface area contributed by atoms with Crippen molar-refractivity contribution in [3.63, 3.8) is 0 Å². The smallest absolute Gasteiger partial charge is 0.225 e. The number of carbonyl (C=O) groups excluding carboxylic acids is 1. The summed E-state index contributed by atoms with van der Waals surface area (Å²) in [5.74, 6) is -0.148. The van der Waals surface area contributed by atoms with Gasteiger partial charge in [0.05, 0.1) is 6.04 Å². The highest BCUT2D eigenvalue weighted by atomic mass is 19.1. The summed E-state index contributed by atoms with van der Waals surface area (Å²) in [6.07, 6.45) is 0. The fraction of sp³-hybridized carbons (Fsp3) is 0.480. The van der Waals surface area contributed by atoms with Crippen molar-refractivity contribution in [2.24, 2.45) is 5.41 Å². The van der Waals surface area contributed by atoms with Gasteiger partial charge in [-0.1, -0.05) is 32.9 Å². The highest BCUT2D eigenvalue weighted by molar-refractivity contribution is 5.81.